The van der Waals surface area contributed by atoms with Gasteiger partial charge in [-0.2, -0.15) is 0 Å². The van der Waals surface area contributed by atoms with Crippen LogP contribution in [-0.4, -0.2) is 36.6 Å². The van der Waals surface area contributed by atoms with Crippen LogP contribution in [0.2, 0.25) is 10.0 Å². The van der Waals surface area contributed by atoms with Crippen LogP contribution in [-0.2, 0) is 6.42 Å². The summed E-state index contributed by atoms with van der Waals surface area (Å²) in [4.78, 5) is 2.58. The minimum Gasteiger partial charge on any atom is -0.311 e. The average Bonchev–Trinajstić information content (AvgIpc) is 2.40. The molecule has 21 heavy (non-hydrogen) atoms. The zero-order chi connectivity index (χ0) is 15.4. The first-order valence-electron chi connectivity index (χ1n) is 7.87. The zero-order valence-electron chi connectivity index (χ0n) is 13.2. The topological polar surface area (TPSA) is 15.3 Å². The van der Waals surface area contributed by atoms with Gasteiger partial charge in [-0.1, -0.05) is 43.1 Å². The highest BCUT2D eigenvalue weighted by molar-refractivity contribution is 6.35. The Morgan fingerprint density at radius 3 is 2.76 bits per heavy atom. The van der Waals surface area contributed by atoms with Gasteiger partial charge < -0.3 is 5.32 Å². The van der Waals surface area contributed by atoms with E-state index in [1.165, 1.54) is 12.0 Å². The second-order valence-electron chi connectivity index (χ2n) is 6.56. The Hall–Kier alpha value is -0.280. The molecule has 1 N–H and O–H groups in total. The summed E-state index contributed by atoms with van der Waals surface area (Å²) in [5.41, 5.74) is 1.19. The summed E-state index contributed by atoms with van der Waals surface area (Å²) in [7, 11) is 0. The maximum absolute atomic E-state index is 6.27. The fourth-order valence-corrected chi connectivity index (χ4v) is 3.52. The van der Waals surface area contributed by atoms with Crippen LogP contribution in [0.5, 0.6) is 0 Å². The number of nitrogens with one attached hydrogen (secondary N) is 1. The molecular formula is C17H26Cl2N2. The fourth-order valence-electron chi connectivity index (χ4n) is 3.02. The van der Waals surface area contributed by atoms with E-state index in [1.807, 2.05) is 18.2 Å². The second-order valence-corrected chi connectivity index (χ2v) is 7.41. The maximum Gasteiger partial charge on any atom is 0.0453 e. The van der Waals surface area contributed by atoms with Crippen molar-refractivity contribution in [3.63, 3.8) is 0 Å². The number of hydrogen-bond donors (Lipinski definition) is 1. The van der Waals surface area contributed by atoms with Crippen LogP contribution in [0.25, 0.3) is 0 Å². The van der Waals surface area contributed by atoms with Crippen molar-refractivity contribution in [2.45, 2.75) is 45.7 Å². The molecule has 0 aliphatic carbocycles. The molecule has 2 rings (SSSR count). The highest BCUT2D eigenvalue weighted by Gasteiger charge is 2.25. The summed E-state index contributed by atoms with van der Waals surface area (Å²) < 4.78 is 0. The molecule has 0 aromatic heterocycles. The van der Waals surface area contributed by atoms with Gasteiger partial charge in [0.05, 0.1) is 0 Å². The minimum absolute atomic E-state index is 0.583. The Labute approximate surface area is 138 Å². The number of hydrogen-bond acceptors (Lipinski definition) is 2. The highest BCUT2D eigenvalue weighted by atomic mass is 35.5. The Balaban J connectivity index is 1.91. The Bertz CT molecular complexity index is 462. The van der Waals surface area contributed by atoms with Gasteiger partial charge in [0.25, 0.3) is 0 Å². The van der Waals surface area contributed by atoms with Gasteiger partial charge in [-0.25, -0.2) is 0 Å². The molecule has 0 bridgehead atoms. The molecule has 2 unspecified atom stereocenters. The van der Waals surface area contributed by atoms with E-state index in [1.54, 1.807) is 0 Å². The molecule has 1 aromatic carbocycles. The summed E-state index contributed by atoms with van der Waals surface area (Å²) in [5, 5.41) is 5.15. The van der Waals surface area contributed by atoms with Crippen molar-refractivity contribution in [1.82, 2.24) is 10.2 Å². The van der Waals surface area contributed by atoms with Gasteiger partial charge in [0.15, 0.2) is 0 Å². The van der Waals surface area contributed by atoms with Gasteiger partial charge in [0.2, 0.25) is 0 Å². The standard InChI is InChI=1S/C17H26Cl2N2/c1-12(2)8-16-11-21(13(3)10-20-16)7-6-14-4-5-15(18)9-17(14)19/h4-5,9,12-13,16,20H,6-8,10-11H2,1-3H3. The van der Waals surface area contributed by atoms with Crippen LogP contribution in [0, 0.1) is 5.92 Å². The Morgan fingerprint density at radius 1 is 1.33 bits per heavy atom. The zero-order valence-corrected chi connectivity index (χ0v) is 14.7. The quantitative estimate of drug-likeness (QED) is 0.869. The average molecular weight is 329 g/mol. The van der Waals surface area contributed by atoms with Crippen LogP contribution in [0.3, 0.4) is 0 Å². The van der Waals surface area contributed by atoms with Crippen LogP contribution in [0.4, 0.5) is 0 Å². The first-order valence-corrected chi connectivity index (χ1v) is 8.62. The molecule has 118 valence electrons. The van der Waals surface area contributed by atoms with Crippen molar-refractivity contribution in [1.29, 1.82) is 0 Å². The van der Waals surface area contributed by atoms with Crippen LogP contribution >= 0.6 is 23.2 Å². The van der Waals surface area contributed by atoms with Gasteiger partial charge in [-0.15, -0.1) is 0 Å². The van der Waals surface area contributed by atoms with Crippen molar-refractivity contribution in [3.8, 4) is 0 Å². The first kappa shape index (κ1) is 17.1. The number of rotatable bonds is 5. The Kier molecular flexibility index (Phi) is 6.36. The van der Waals surface area contributed by atoms with Crippen LogP contribution in [0.15, 0.2) is 18.2 Å². The Morgan fingerprint density at radius 2 is 2.10 bits per heavy atom. The van der Waals surface area contributed by atoms with Crippen molar-refractivity contribution in [2.75, 3.05) is 19.6 Å². The molecule has 2 atom stereocenters. The number of benzene rings is 1. The number of halogens is 2. The summed E-state index contributed by atoms with van der Waals surface area (Å²) in [5.74, 6) is 0.739. The molecular weight excluding hydrogens is 303 g/mol. The van der Waals surface area contributed by atoms with E-state index in [9.17, 15) is 0 Å². The molecule has 0 saturated carbocycles. The van der Waals surface area contributed by atoms with Gasteiger partial charge in [0.1, 0.15) is 0 Å². The number of piperazine rings is 1. The predicted octanol–water partition coefficient (Wildman–Crippen LogP) is 4.24. The molecule has 1 fully saturated rings. The SMILES string of the molecule is CC(C)CC1CN(CCc2ccc(Cl)cc2Cl)C(C)CN1. The second kappa shape index (κ2) is 7.82. The van der Waals surface area contributed by atoms with Crippen molar-refractivity contribution in [3.05, 3.63) is 33.8 Å². The van der Waals surface area contributed by atoms with Crippen molar-refractivity contribution >= 4 is 23.2 Å². The molecule has 1 saturated heterocycles. The fraction of sp³-hybridized carbons (Fsp3) is 0.647. The van der Waals surface area contributed by atoms with Crippen molar-refractivity contribution in [2.24, 2.45) is 5.92 Å². The molecule has 1 aliphatic heterocycles. The smallest absolute Gasteiger partial charge is 0.0453 e. The van der Waals surface area contributed by atoms with Crippen molar-refractivity contribution < 1.29 is 0 Å². The van der Waals surface area contributed by atoms with Gasteiger partial charge in [-0.05, 0) is 43.4 Å². The molecule has 1 heterocycles. The predicted molar refractivity (Wildman–Crippen MR) is 92.4 cm³/mol. The van der Waals surface area contributed by atoms with E-state index in [-0.39, 0.29) is 0 Å². The highest BCUT2D eigenvalue weighted by Crippen LogP contribution is 2.22. The lowest BCUT2D eigenvalue weighted by Crippen LogP contribution is -2.56. The van der Waals surface area contributed by atoms with Gasteiger partial charge in [-0.3, -0.25) is 4.90 Å². The normalized spacial score (nSPS) is 23.7. The van der Waals surface area contributed by atoms with E-state index in [2.05, 4.69) is 31.0 Å². The molecule has 0 spiro atoms. The first-order chi connectivity index (χ1) is 9.95. The lowest BCUT2D eigenvalue weighted by Gasteiger charge is -2.39. The monoisotopic (exact) mass is 328 g/mol. The molecule has 4 heteroatoms. The third kappa shape index (κ3) is 5.14. The molecule has 1 aliphatic rings. The summed E-state index contributed by atoms with van der Waals surface area (Å²) >= 11 is 12.2. The van der Waals surface area contributed by atoms with E-state index in [0.717, 1.165) is 37.0 Å². The lowest BCUT2D eigenvalue weighted by atomic mass is 9.99. The van der Waals surface area contributed by atoms with E-state index in [4.69, 9.17) is 23.2 Å². The van der Waals surface area contributed by atoms with Crippen LogP contribution in [0.1, 0.15) is 32.8 Å². The van der Waals surface area contributed by atoms with E-state index < -0.39 is 0 Å². The van der Waals surface area contributed by atoms with Crippen LogP contribution < -0.4 is 5.32 Å². The number of nitrogens with zero attached hydrogens (tertiary/aromatic N) is 1. The summed E-state index contributed by atoms with van der Waals surface area (Å²) in [6.07, 6.45) is 2.22. The summed E-state index contributed by atoms with van der Waals surface area (Å²) in [6.45, 7) is 10.1. The molecule has 0 radical (unpaired) electrons. The largest absolute Gasteiger partial charge is 0.311 e. The molecule has 0 amide bonds. The van der Waals surface area contributed by atoms with Gasteiger partial charge >= 0.3 is 0 Å². The molecule has 2 nitrogen and oxygen atoms in total. The van der Waals surface area contributed by atoms with Gasteiger partial charge in [0, 0.05) is 41.8 Å². The summed E-state index contributed by atoms with van der Waals surface area (Å²) in [6, 6.07) is 7.00. The maximum atomic E-state index is 6.27. The molecule has 1 aromatic rings. The van der Waals surface area contributed by atoms with E-state index >= 15 is 0 Å². The lowest BCUT2D eigenvalue weighted by molar-refractivity contribution is 0.133. The minimum atomic E-state index is 0.583. The van der Waals surface area contributed by atoms with E-state index in [0.29, 0.717) is 17.1 Å². The third-order valence-corrected chi connectivity index (χ3v) is 4.81. The third-order valence-electron chi connectivity index (χ3n) is 4.22.